The molecule has 0 bridgehead atoms. The Kier molecular flexibility index (Phi) is 4.46. The van der Waals surface area contributed by atoms with Crippen LogP contribution in [0.25, 0.3) is 0 Å². The molecular formula is C18H26N6O2S. The molecule has 2 atom stereocenters. The molecule has 4 heterocycles. The fourth-order valence-electron chi connectivity index (χ4n) is 4.19. The Bertz CT molecular complexity index is 941. The Morgan fingerprint density at radius 3 is 2.33 bits per heavy atom. The fourth-order valence-corrected chi connectivity index (χ4v) is 5.73. The van der Waals surface area contributed by atoms with Crippen molar-refractivity contribution in [1.82, 2.24) is 23.8 Å². The molecule has 2 aliphatic rings. The molecule has 4 rings (SSSR count). The molecule has 0 amide bonds. The van der Waals surface area contributed by atoms with Gasteiger partial charge in [-0.3, -0.25) is 0 Å². The van der Waals surface area contributed by atoms with Gasteiger partial charge in [0.1, 0.15) is 18.0 Å². The molecule has 9 heteroatoms. The molecular weight excluding hydrogens is 364 g/mol. The minimum atomic E-state index is -3.55. The third-order valence-electron chi connectivity index (χ3n) is 5.58. The van der Waals surface area contributed by atoms with Crippen LogP contribution >= 0.6 is 0 Å². The maximum Gasteiger partial charge on any atom is 0.262 e. The molecule has 0 radical (unpaired) electrons. The van der Waals surface area contributed by atoms with E-state index in [4.69, 9.17) is 0 Å². The summed E-state index contributed by atoms with van der Waals surface area (Å²) in [5.41, 5.74) is 0.942. The van der Waals surface area contributed by atoms with Crippen LogP contribution in [-0.4, -0.2) is 58.4 Å². The number of aryl methyl sites for hydroxylation is 2. The van der Waals surface area contributed by atoms with E-state index < -0.39 is 10.0 Å². The lowest BCUT2D eigenvalue weighted by Gasteiger charge is -2.21. The number of nitrogens with zero attached hydrogens (tertiary/aromatic N) is 6. The van der Waals surface area contributed by atoms with Gasteiger partial charge in [-0.15, -0.1) is 0 Å². The van der Waals surface area contributed by atoms with Gasteiger partial charge in [-0.25, -0.2) is 23.4 Å². The zero-order valence-corrected chi connectivity index (χ0v) is 17.0. The van der Waals surface area contributed by atoms with Crippen molar-refractivity contribution >= 4 is 15.8 Å². The molecule has 0 aromatic carbocycles. The highest BCUT2D eigenvalue weighted by Crippen LogP contribution is 2.35. The van der Waals surface area contributed by atoms with Gasteiger partial charge in [-0.05, 0) is 18.8 Å². The van der Waals surface area contributed by atoms with E-state index in [0.29, 0.717) is 24.9 Å². The molecule has 2 unspecified atom stereocenters. The van der Waals surface area contributed by atoms with E-state index in [2.05, 4.69) is 19.9 Å². The monoisotopic (exact) mass is 390 g/mol. The lowest BCUT2D eigenvalue weighted by atomic mass is 10.0. The third-order valence-corrected chi connectivity index (χ3v) is 7.28. The molecule has 2 fully saturated rings. The van der Waals surface area contributed by atoms with Crippen molar-refractivity contribution in [2.24, 2.45) is 18.9 Å². The van der Waals surface area contributed by atoms with Crippen LogP contribution in [-0.2, 0) is 17.1 Å². The van der Waals surface area contributed by atoms with Gasteiger partial charge in [0.25, 0.3) is 10.0 Å². The van der Waals surface area contributed by atoms with E-state index in [-0.39, 0.29) is 10.9 Å². The lowest BCUT2D eigenvalue weighted by Crippen LogP contribution is -2.33. The first-order valence-corrected chi connectivity index (χ1v) is 10.8. The molecule has 0 aliphatic carbocycles. The number of anilines is 1. The second-order valence-corrected chi connectivity index (χ2v) is 9.85. The standard InChI is InChI=1S/C18H26N6O2S/c1-12(2)18-21-17(10-22(18)4)27(25,26)24-8-14-6-23(7-15(14)9-24)16-5-13(3)19-11-20-16/h5,10-12,14-15H,6-9H2,1-4H3. The van der Waals surface area contributed by atoms with Crippen LogP contribution in [0.1, 0.15) is 31.3 Å². The highest BCUT2D eigenvalue weighted by molar-refractivity contribution is 7.89. The average molecular weight is 391 g/mol. The smallest absolute Gasteiger partial charge is 0.262 e. The van der Waals surface area contributed by atoms with Crippen molar-refractivity contribution in [1.29, 1.82) is 0 Å². The molecule has 2 aromatic rings. The van der Waals surface area contributed by atoms with Gasteiger partial charge in [-0.2, -0.15) is 4.31 Å². The van der Waals surface area contributed by atoms with Crippen LogP contribution in [0.3, 0.4) is 0 Å². The van der Waals surface area contributed by atoms with E-state index in [1.807, 2.05) is 38.5 Å². The number of imidazole rings is 1. The van der Waals surface area contributed by atoms with Crippen LogP contribution in [0.2, 0.25) is 0 Å². The number of aromatic nitrogens is 4. The molecule has 0 saturated carbocycles. The van der Waals surface area contributed by atoms with Gasteiger partial charge in [0.2, 0.25) is 0 Å². The van der Waals surface area contributed by atoms with Gasteiger partial charge >= 0.3 is 0 Å². The first-order valence-electron chi connectivity index (χ1n) is 9.32. The Morgan fingerprint density at radius 1 is 1.11 bits per heavy atom. The SMILES string of the molecule is Cc1cc(N2CC3CN(S(=O)(=O)c4cn(C)c(C(C)C)n4)CC3C2)ncn1. The van der Waals surface area contributed by atoms with E-state index in [1.54, 1.807) is 16.8 Å². The highest BCUT2D eigenvalue weighted by atomic mass is 32.2. The lowest BCUT2D eigenvalue weighted by molar-refractivity contribution is 0.450. The molecule has 2 aliphatic heterocycles. The summed E-state index contributed by atoms with van der Waals surface area (Å²) in [4.78, 5) is 15.2. The van der Waals surface area contributed by atoms with Crippen LogP contribution < -0.4 is 4.90 Å². The molecule has 146 valence electrons. The summed E-state index contributed by atoms with van der Waals surface area (Å²) in [7, 11) is -1.70. The number of sulfonamides is 1. The molecule has 0 spiro atoms. The zero-order valence-electron chi connectivity index (χ0n) is 16.2. The quantitative estimate of drug-likeness (QED) is 0.785. The summed E-state index contributed by atoms with van der Waals surface area (Å²) in [6, 6.07) is 1.98. The van der Waals surface area contributed by atoms with Gasteiger partial charge < -0.3 is 9.47 Å². The topological polar surface area (TPSA) is 84.2 Å². The van der Waals surface area contributed by atoms with Crippen molar-refractivity contribution in [2.75, 3.05) is 31.1 Å². The second-order valence-electron chi connectivity index (χ2n) is 7.97. The molecule has 2 saturated heterocycles. The largest absolute Gasteiger partial charge is 0.356 e. The Balaban J connectivity index is 1.49. The predicted octanol–water partition coefficient (Wildman–Crippen LogP) is 1.40. The maximum atomic E-state index is 13.1. The summed E-state index contributed by atoms with van der Waals surface area (Å²) in [5.74, 6) is 2.55. The van der Waals surface area contributed by atoms with Crippen molar-refractivity contribution in [3.05, 3.63) is 30.1 Å². The summed E-state index contributed by atoms with van der Waals surface area (Å²) in [6.45, 7) is 8.72. The molecule has 8 nitrogen and oxygen atoms in total. The number of rotatable bonds is 4. The second kappa shape index (κ2) is 6.56. The molecule has 2 aromatic heterocycles. The van der Waals surface area contributed by atoms with E-state index >= 15 is 0 Å². The first-order chi connectivity index (χ1) is 12.8. The number of hydrogen-bond acceptors (Lipinski definition) is 6. The summed E-state index contributed by atoms with van der Waals surface area (Å²) < 4.78 is 29.6. The minimum Gasteiger partial charge on any atom is -0.356 e. The first kappa shape index (κ1) is 18.4. The van der Waals surface area contributed by atoms with Crippen molar-refractivity contribution in [2.45, 2.75) is 31.7 Å². The van der Waals surface area contributed by atoms with Crippen molar-refractivity contribution in [3.8, 4) is 0 Å². The Hall–Kier alpha value is -2.00. The predicted molar refractivity (Wildman–Crippen MR) is 102 cm³/mol. The van der Waals surface area contributed by atoms with Crippen molar-refractivity contribution in [3.63, 3.8) is 0 Å². The van der Waals surface area contributed by atoms with Crippen LogP contribution in [0.15, 0.2) is 23.6 Å². The fraction of sp³-hybridized carbons (Fsp3) is 0.611. The van der Waals surface area contributed by atoms with Crippen molar-refractivity contribution < 1.29 is 8.42 Å². The van der Waals surface area contributed by atoms with Gasteiger partial charge in [0.05, 0.1) is 0 Å². The van der Waals surface area contributed by atoms with E-state index in [9.17, 15) is 8.42 Å². The van der Waals surface area contributed by atoms with Gasteiger partial charge in [0.15, 0.2) is 5.03 Å². The highest BCUT2D eigenvalue weighted by Gasteiger charge is 2.45. The summed E-state index contributed by atoms with van der Waals surface area (Å²) >= 11 is 0. The molecule has 0 N–H and O–H groups in total. The van der Waals surface area contributed by atoms with Crippen LogP contribution in [0.4, 0.5) is 5.82 Å². The van der Waals surface area contributed by atoms with Gasteiger partial charge in [0, 0.05) is 57.1 Å². The minimum absolute atomic E-state index is 0.164. The van der Waals surface area contributed by atoms with E-state index in [0.717, 1.165) is 30.4 Å². The van der Waals surface area contributed by atoms with Gasteiger partial charge in [-0.1, -0.05) is 13.8 Å². The van der Waals surface area contributed by atoms with Crippen LogP contribution in [0, 0.1) is 18.8 Å². The molecule has 27 heavy (non-hydrogen) atoms. The number of hydrogen-bond donors (Lipinski definition) is 0. The van der Waals surface area contributed by atoms with Crippen LogP contribution in [0.5, 0.6) is 0 Å². The van der Waals surface area contributed by atoms with E-state index in [1.165, 1.54) is 0 Å². The Labute approximate surface area is 160 Å². The Morgan fingerprint density at radius 2 is 1.78 bits per heavy atom. The number of fused-ring (bicyclic) bond motifs is 1. The normalized spacial score (nSPS) is 23.4. The average Bonchev–Trinajstić information content (AvgIpc) is 3.27. The third kappa shape index (κ3) is 3.23. The summed E-state index contributed by atoms with van der Waals surface area (Å²) in [6.07, 6.45) is 3.22. The maximum absolute atomic E-state index is 13.1. The summed E-state index contributed by atoms with van der Waals surface area (Å²) in [5, 5.41) is 0.164. The zero-order chi connectivity index (χ0) is 19.3.